The van der Waals surface area contributed by atoms with Crippen LogP contribution in [0.3, 0.4) is 0 Å². The molecule has 1 saturated carbocycles. The molecule has 0 aromatic heterocycles. The summed E-state index contributed by atoms with van der Waals surface area (Å²) in [6.07, 6.45) is 5.02. The zero-order chi connectivity index (χ0) is 16.2. The van der Waals surface area contributed by atoms with Crippen LogP contribution < -0.4 is 10.1 Å². The molecule has 1 aromatic rings. The first-order valence-electron chi connectivity index (χ1n) is 8.01. The lowest BCUT2D eigenvalue weighted by molar-refractivity contribution is -0.124. The Morgan fingerprint density at radius 2 is 2.14 bits per heavy atom. The first kappa shape index (κ1) is 16.4. The zero-order valence-electron chi connectivity index (χ0n) is 13.6. The van der Waals surface area contributed by atoms with E-state index in [1.807, 2.05) is 20.8 Å². The number of hydrogen-bond donors (Lipinski definition) is 1. The summed E-state index contributed by atoms with van der Waals surface area (Å²) in [5.74, 6) is 0.674. The highest BCUT2D eigenvalue weighted by Gasteiger charge is 2.36. The minimum Gasteiger partial charge on any atom is -0.491 e. The molecule has 1 atom stereocenters. The predicted octanol–water partition coefficient (Wildman–Crippen LogP) is 4.25. The molecule has 0 radical (unpaired) electrons. The molecule has 4 nitrogen and oxygen atoms in total. The second kappa shape index (κ2) is 6.83. The van der Waals surface area contributed by atoms with Crippen molar-refractivity contribution in [1.29, 1.82) is 5.26 Å². The Labute approximate surface area is 132 Å². The molecule has 0 heterocycles. The van der Waals surface area contributed by atoms with Crippen molar-refractivity contribution < 1.29 is 9.53 Å². The second-order valence-electron chi connectivity index (χ2n) is 6.38. The van der Waals surface area contributed by atoms with Gasteiger partial charge in [0.1, 0.15) is 11.8 Å². The van der Waals surface area contributed by atoms with Crippen LogP contribution in [-0.4, -0.2) is 12.0 Å². The monoisotopic (exact) mass is 300 g/mol. The number of rotatable bonds is 5. The third kappa shape index (κ3) is 3.59. The average molecular weight is 300 g/mol. The molecule has 1 amide bonds. The van der Waals surface area contributed by atoms with Gasteiger partial charge in [0.15, 0.2) is 0 Å². The maximum Gasteiger partial charge on any atom is 0.230 e. The number of nitrogens with one attached hydrogen (secondary N) is 1. The van der Waals surface area contributed by atoms with Crippen LogP contribution in [0, 0.1) is 16.7 Å². The van der Waals surface area contributed by atoms with Crippen LogP contribution in [0.5, 0.6) is 5.75 Å². The lowest BCUT2D eigenvalue weighted by Crippen LogP contribution is -2.31. The summed E-state index contributed by atoms with van der Waals surface area (Å²) in [6.45, 7) is 6.04. The number of amides is 1. The summed E-state index contributed by atoms with van der Waals surface area (Å²) in [5, 5.41) is 12.2. The third-order valence-electron chi connectivity index (χ3n) is 4.53. The van der Waals surface area contributed by atoms with Crippen molar-refractivity contribution in [2.45, 2.75) is 59.0 Å². The normalized spacial score (nSPS) is 17.5. The van der Waals surface area contributed by atoms with E-state index in [4.69, 9.17) is 4.74 Å². The topological polar surface area (TPSA) is 62.1 Å². The van der Waals surface area contributed by atoms with Gasteiger partial charge in [0, 0.05) is 11.5 Å². The number of benzene rings is 1. The number of carbonyl (C=O) groups excluding carboxylic acids is 1. The van der Waals surface area contributed by atoms with Crippen molar-refractivity contribution in [2.24, 2.45) is 5.41 Å². The van der Waals surface area contributed by atoms with Crippen molar-refractivity contribution in [3.63, 3.8) is 0 Å². The van der Waals surface area contributed by atoms with Crippen molar-refractivity contribution in [2.75, 3.05) is 5.32 Å². The van der Waals surface area contributed by atoms with E-state index < -0.39 is 0 Å². The van der Waals surface area contributed by atoms with Crippen LogP contribution in [0.25, 0.3) is 0 Å². The molecular weight excluding hydrogens is 276 g/mol. The van der Waals surface area contributed by atoms with Gasteiger partial charge in [0.05, 0.1) is 17.4 Å². The summed E-state index contributed by atoms with van der Waals surface area (Å²) < 4.78 is 5.72. The lowest BCUT2D eigenvalue weighted by Gasteiger charge is -2.22. The van der Waals surface area contributed by atoms with Gasteiger partial charge in [-0.15, -0.1) is 0 Å². The van der Waals surface area contributed by atoms with Gasteiger partial charge in [0.2, 0.25) is 5.91 Å². The second-order valence-corrected chi connectivity index (χ2v) is 6.38. The van der Waals surface area contributed by atoms with E-state index in [0.717, 1.165) is 32.1 Å². The fraction of sp³-hybridized carbons (Fsp3) is 0.556. The van der Waals surface area contributed by atoms with Crippen LogP contribution in [0.4, 0.5) is 5.69 Å². The van der Waals surface area contributed by atoms with E-state index in [-0.39, 0.29) is 17.4 Å². The Morgan fingerprint density at radius 3 is 2.73 bits per heavy atom. The minimum absolute atomic E-state index is 0.0112. The van der Waals surface area contributed by atoms with E-state index in [2.05, 4.69) is 11.4 Å². The number of hydrogen-bond acceptors (Lipinski definition) is 3. The summed E-state index contributed by atoms with van der Waals surface area (Å²) in [7, 11) is 0. The van der Waals surface area contributed by atoms with Crippen molar-refractivity contribution in [3.8, 4) is 11.8 Å². The molecule has 0 aliphatic heterocycles. The molecule has 1 aliphatic rings. The maximum atomic E-state index is 12.5. The standard InChI is InChI=1S/C18H24N2O2/c1-4-13(2)22-15-7-8-16(14(11-15)12-19)20-17(21)18(3)9-5-6-10-18/h7-8,11,13H,4-6,9-10H2,1-3H3,(H,20,21)/t13-/m0/s1. The van der Waals surface area contributed by atoms with Gasteiger partial charge in [-0.1, -0.05) is 26.7 Å². The summed E-state index contributed by atoms with van der Waals surface area (Å²) in [6, 6.07) is 7.40. The number of nitriles is 1. The number of carbonyl (C=O) groups is 1. The first-order chi connectivity index (χ1) is 10.5. The van der Waals surface area contributed by atoms with E-state index in [9.17, 15) is 10.1 Å². The Hall–Kier alpha value is -2.02. The number of anilines is 1. The fourth-order valence-electron chi connectivity index (χ4n) is 2.77. The van der Waals surface area contributed by atoms with Crippen LogP contribution in [0.2, 0.25) is 0 Å². The lowest BCUT2D eigenvalue weighted by atomic mass is 9.87. The van der Waals surface area contributed by atoms with Crippen LogP contribution in [0.1, 0.15) is 58.4 Å². The molecule has 22 heavy (non-hydrogen) atoms. The van der Waals surface area contributed by atoms with Gasteiger partial charge in [-0.2, -0.15) is 5.26 Å². The SMILES string of the molecule is CC[C@H](C)Oc1ccc(NC(=O)C2(C)CCCC2)c(C#N)c1. The Kier molecular flexibility index (Phi) is 5.07. The van der Waals surface area contributed by atoms with E-state index in [0.29, 0.717) is 17.0 Å². The fourth-order valence-corrected chi connectivity index (χ4v) is 2.77. The van der Waals surface area contributed by atoms with Crippen LogP contribution in [0.15, 0.2) is 18.2 Å². The molecule has 1 N–H and O–H groups in total. The van der Waals surface area contributed by atoms with Crippen LogP contribution in [-0.2, 0) is 4.79 Å². The molecular formula is C18H24N2O2. The molecule has 4 heteroatoms. The smallest absolute Gasteiger partial charge is 0.230 e. The predicted molar refractivity (Wildman–Crippen MR) is 86.7 cm³/mol. The van der Waals surface area contributed by atoms with E-state index in [1.165, 1.54) is 0 Å². The highest BCUT2D eigenvalue weighted by atomic mass is 16.5. The average Bonchev–Trinajstić information content (AvgIpc) is 2.96. The highest BCUT2D eigenvalue weighted by Crippen LogP contribution is 2.38. The molecule has 0 saturated heterocycles. The van der Waals surface area contributed by atoms with Crippen molar-refractivity contribution >= 4 is 11.6 Å². The first-order valence-corrected chi connectivity index (χ1v) is 8.01. The maximum absolute atomic E-state index is 12.5. The third-order valence-corrected chi connectivity index (χ3v) is 4.53. The molecule has 1 aliphatic carbocycles. The number of ether oxygens (including phenoxy) is 1. The van der Waals surface area contributed by atoms with Gasteiger partial charge in [-0.3, -0.25) is 4.79 Å². The van der Waals surface area contributed by atoms with E-state index in [1.54, 1.807) is 18.2 Å². The molecule has 1 fully saturated rings. The van der Waals surface area contributed by atoms with Crippen molar-refractivity contribution in [1.82, 2.24) is 0 Å². The molecule has 2 rings (SSSR count). The van der Waals surface area contributed by atoms with Gasteiger partial charge < -0.3 is 10.1 Å². The largest absolute Gasteiger partial charge is 0.491 e. The molecule has 1 aromatic carbocycles. The minimum atomic E-state index is -0.307. The Balaban J connectivity index is 2.14. The molecule has 118 valence electrons. The molecule has 0 unspecified atom stereocenters. The summed E-state index contributed by atoms with van der Waals surface area (Å²) >= 11 is 0. The van der Waals surface area contributed by atoms with Crippen LogP contribution >= 0.6 is 0 Å². The van der Waals surface area contributed by atoms with Gasteiger partial charge in [-0.05, 0) is 38.3 Å². The Morgan fingerprint density at radius 1 is 1.45 bits per heavy atom. The zero-order valence-corrected chi connectivity index (χ0v) is 13.6. The van der Waals surface area contributed by atoms with Gasteiger partial charge in [0.25, 0.3) is 0 Å². The number of nitrogens with zero attached hydrogens (tertiary/aromatic N) is 1. The van der Waals surface area contributed by atoms with E-state index >= 15 is 0 Å². The van der Waals surface area contributed by atoms with Gasteiger partial charge in [-0.25, -0.2) is 0 Å². The van der Waals surface area contributed by atoms with Crippen molar-refractivity contribution in [3.05, 3.63) is 23.8 Å². The van der Waals surface area contributed by atoms with Gasteiger partial charge >= 0.3 is 0 Å². The Bertz CT molecular complexity index is 583. The summed E-state index contributed by atoms with van der Waals surface area (Å²) in [4.78, 5) is 12.5. The highest BCUT2D eigenvalue weighted by molar-refractivity contribution is 5.96. The quantitative estimate of drug-likeness (QED) is 0.884. The molecule has 0 bridgehead atoms. The molecule has 0 spiro atoms. The summed E-state index contributed by atoms with van der Waals surface area (Å²) in [5.41, 5.74) is 0.700.